The molecule has 2 N–H and O–H groups in total. The molecular formula is C10H13NO2S. The molecule has 0 bridgehead atoms. The molecule has 1 aromatic rings. The summed E-state index contributed by atoms with van der Waals surface area (Å²) in [6.07, 6.45) is 1.79. The number of hydrogen-bond donors (Lipinski definition) is 2. The quantitative estimate of drug-likeness (QED) is 0.790. The Morgan fingerprint density at radius 2 is 1.93 bits per heavy atom. The van der Waals surface area contributed by atoms with Crippen molar-refractivity contribution in [1.82, 2.24) is 4.31 Å². The zero-order valence-electron chi connectivity index (χ0n) is 7.71. The molecule has 76 valence electrons. The monoisotopic (exact) mass is 211 g/mol. The van der Waals surface area contributed by atoms with Crippen LogP contribution in [0.4, 0.5) is 0 Å². The van der Waals surface area contributed by atoms with Crippen molar-refractivity contribution in [2.75, 3.05) is 6.54 Å². The van der Waals surface area contributed by atoms with Crippen LogP contribution in [0.25, 0.3) is 0 Å². The topological polar surface area (TPSA) is 43.7 Å². The molecule has 3 nitrogen and oxygen atoms in total. The van der Waals surface area contributed by atoms with Crippen LogP contribution in [-0.2, 0) is 6.54 Å². The second-order valence-corrected chi connectivity index (χ2v) is 5.15. The average Bonchev–Trinajstić information content (AvgIpc) is 2.48. The molecule has 4 heteroatoms. The van der Waals surface area contributed by atoms with Crippen molar-refractivity contribution in [1.29, 1.82) is 0 Å². The lowest BCUT2D eigenvalue weighted by molar-refractivity contribution is 0.381. The Labute approximate surface area is 85.2 Å². The van der Waals surface area contributed by atoms with E-state index in [1.165, 1.54) is 5.41 Å². The third-order valence-electron chi connectivity index (χ3n) is 2.17. The number of rotatable bonds is 2. The molecule has 0 aliphatic carbocycles. The second kappa shape index (κ2) is 3.74. The molecule has 1 aromatic carbocycles. The fourth-order valence-electron chi connectivity index (χ4n) is 1.43. The van der Waals surface area contributed by atoms with Crippen molar-refractivity contribution in [3.8, 4) is 0 Å². The van der Waals surface area contributed by atoms with Gasteiger partial charge in [0.1, 0.15) is 0 Å². The van der Waals surface area contributed by atoms with E-state index in [4.69, 9.17) is 0 Å². The van der Waals surface area contributed by atoms with Gasteiger partial charge in [0.25, 0.3) is 0 Å². The maximum absolute atomic E-state index is 9.59. The molecule has 0 aromatic heterocycles. The van der Waals surface area contributed by atoms with Gasteiger partial charge in [-0.15, -0.1) is 10.8 Å². The highest BCUT2D eigenvalue weighted by atomic mass is 32.3. The van der Waals surface area contributed by atoms with Gasteiger partial charge in [0.05, 0.1) is 0 Å². The summed E-state index contributed by atoms with van der Waals surface area (Å²) in [5, 5.41) is 1.48. The van der Waals surface area contributed by atoms with Crippen molar-refractivity contribution in [3.05, 3.63) is 47.4 Å². The van der Waals surface area contributed by atoms with Crippen molar-refractivity contribution < 1.29 is 9.11 Å². The van der Waals surface area contributed by atoms with Gasteiger partial charge in [0.15, 0.2) is 0 Å². The minimum atomic E-state index is -2.63. The third kappa shape index (κ3) is 1.99. The Morgan fingerprint density at radius 3 is 2.50 bits per heavy atom. The average molecular weight is 211 g/mol. The first-order valence-electron chi connectivity index (χ1n) is 4.42. The van der Waals surface area contributed by atoms with Crippen LogP contribution in [0.15, 0.2) is 41.8 Å². The fourth-order valence-corrected chi connectivity index (χ4v) is 2.59. The summed E-state index contributed by atoms with van der Waals surface area (Å²) in [6.45, 7) is 1.19. The van der Waals surface area contributed by atoms with Crippen LogP contribution in [-0.4, -0.2) is 20.0 Å². The molecule has 14 heavy (non-hydrogen) atoms. The minimum Gasteiger partial charge on any atom is -0.282 e. The van der Waals surface area contributed by atoms with Crippen LogP contribution in [0.1, 0.15) is 5.56 Å². The van der Waals surface area contributed by atoms with Gasteiger partial charge in [0.2, 0.25) is 0 Å². The van der Waals surface area contributed by atoms with Gasteiger partial charge in [-0.1, -0.05) is 36.4 Å². The summed E-state index contributed by atoms with van der Waals surface area (Å²) < 4.78 is 20.9. The van der Waals surface area contributed by atoms with Crippen molar-refractivity contribution in [2.24, 2.45) is 0 Å². The molecule has 0 spiro atoms. The van der Waals surface area contributed by atoms with Crippen LogP contribution in [0, 0.1) is 0 Å². The van der Waals surface area contributed by atoms with Gasteiger partial charge in [-0.2, -0.15) is 4.31 Å². The highest BCUT2D eigenvalue weighted by molar-refractivity contribution is 8.25. The van der Waals surface area contributed by atoms with E-state index in [0.29, 0.717) is 13.1 Å². The SMILES string of the molecule is OS1(O)C=CCN1Cc1ccccc1. The van der Waals surface area contributed by atoms with E-state index in [2.05, 4.69) is 0 Å². The van der Waals surface area contributed by atoms with E-state index in [1.807, 2.05) is 30.3 Å². The van der Waals surface area contributed by atoms with E-state index in [9.17, 15) is 9.11 Å². The molecule has 2 rings (SSSR count). The molecular weight excluding hydrogens is 198 g/mol. The summed E-state index contributed by atoms with van der Waals surface area (Å²) in [5.41, 5.74) is 1.09. The van der Waals surface area contributed by atoms with Crippen LogP contribution < -0.4 is 0 Å². The lowest BCUT2D eigenvalue weighted by Crippen LogP contribution is -2.21. The van der Waals surface area contributed by atoms with Crippen molar-refractivity contribution >= 4 is 10.8 Å². The van der Waals surface area contributed by atoms with E-state index >= 15 is 0 Å². The molecule has 1 aliphatic heterocycles. The Bertz CT molecular complexity index is 337. The van der Waals surface area contributed by atoms with E-state index in [1.54, 1.807) is 10.4 Å². The van der Waals surface area contributed by atoms with Crippen LogP contribution in [0.3, 0.4) is 0 Å². The number of benzene rings is 1. The highest BCUT2D eigenvalue weighted by Crippen LogP contribution is 2.48. The van der Waals surface area contributed by atoms with Crippen molar-refractivity contribution in [3.63, 3.8) is 0 Å². The Hall–Kier alpha value is -0.810. The Kier molecular flexibility index (Phi) is 2.60. The summed E-state index contributed by atoms with van der Waals surface area (Å²) in [4.78, 5) is 0. The van der Waals surface area contributed by atoms with E-state index in [-0.39, 0.29) is 0 Å². The van der Waals surface area contributed by atoms with Crippen molar-refractivity contribution in [2.45, 2.75) is 6.54 Å². The lowest BCUT2D eigenvalue weighted by atomic mass is 10.2. The molecule has 0 unspecified atom stereocenters. The first-order chi connectivity index (χ1) is 6.68. The van der Waals surface area contributed by atoms with Gasteiger partial charge >= 0.3 is 0 Å². The zero-order valence-corrected chi connectivity index (χ0v) is 8.52. The van der Waals surface area contributed by atoms with Gasteiger partial charge in [-0.25, -0.2) is 0 Å². The van der Waals surface area contributed by atoms with Crippen LogP contribution in [0.2, 0.25) is 0 Å². The fraction of sp³-hybridized carbons (Fsp3) is 0.200. The molecule has 1 heterocycles. The second-order valence-electron chi connectivity index (χ2n) is 3.24. The molecule has 0 radical (unpaired) electrons. The molecule has 1 aliphatic rings. The lowest BCUT2D eigenvalue weighted by Gasteiger charge is -2.35. The summed E-state index contributed by atoms with van der Waals surface area (Å²) in [7, 11) is -2.63. The number of hydrogen-bond acceptors (Lipinski definition) is 3. The summed E-state index contributed by atoms with van der Waals surface area (Å²) in [6, 6.07) is 9.81. The normalized spacial score (nSPS) is 22.4. The first-order valence-corrected chi connectivity index (χ1v) is 5.99. The van der Waals surface area contributed by atoms with E-state index in [0.717, 1.165) is 5.56 Å². The Morgan fingerprint density at radius 1 is 1.21 bits per heavy atom. The molecule has 0 saturated heterocycles. The Balaban J connectivity index is 2.06. The molecule has 0 atom stereocenters. The van der Waals surface area contributed by atoms with Gasteiger partial charge in [0, 0.05) is 18.5 Å². The molecule has 0 fully saturated rings. The van der Waals surface area contributed by atoms with Gasteiger partial charge in [-0.05, 0) is 5.56 Å². The largest absolute Gasteiger partial charge is 0.282 e. The highest BCUT2D eigenvalue weighted by Gasteiger charge is 2.23. The maximum Gasteiger partial charge on any atom is 0.0435 e. The zero-order chi connectivity index (χ0) is 10.0. The predicted molar refractivity (Wildman–Crippen MR) is 58.8 cm³/mol. The standard InChI is InChI=1S/C10H13NO2S/c12-14(13)8-4-7-11(14)9-10-5-2-1-3-6-10/h1-6,8,12-13H,7,9H2. The minimum absolute atomic E-state index is 0.580. The summed E-state index contributed by atoms with van der Waals surface area (Å²) in [5.74, 6) is 0. The van der Waals surface area contributed by atoms with E-state index < -0.39 is 10.8 Å². The number of nitrogens with zero attached hydrogens (tertiary/aromatic N) is 1. The predicted octanol–water partition coefficient (Wildman–Crippen LogP) is 2.68. The van der Waals surface area contributed by atoms with Crippen LogP contribution in [0.5, 0.6) is 0 Å². The van der Waals surface area contributed by atoms with Gasteiger partial charge in [-0.3, -0.25) is 9.11 Å². The molecule has 0 saturated carbocycles. The maximum atomic E-state index is 9.59. The van der Waals surface area contributed by atoms with Crippen LogP contribution >= 0.6 is 10.8 Å². The molecule has 0 amide bonds. The summed E-state index contributed by atoms with van der Waals surface area (Å²) >= 11 is 0. The third-order valence-corrected chi connectivity index (χ3v) is 3.77. The smallest absolute Gasteiger partial charge is 0.0435 e. The van der Waals surface area contributed by atoms with Gasteiger partial charge < -0.3 is 0 Å². The first kappa shape index (κ1) is 9.73.